The van der Waals surface area contributed by atoms with Crippen molar-refractivity contribution in [1.82, 2.24) is 0 Å². The van der Waals surface area contributed by atoms with Gasteiger partial charge in [-0.25, -0.2) is 0 Å². The zero-order chi connectivity index (χ0) is 13.4. The summed E-state index contributed by atoms with van der Waals surface area (Å²) in [5, 5.41) is 0. The Morgan fingerprint density at radius 3 is 2.00 bits per heavy atom. The van der Waals surface area contributed by atoms with Gasteiger partial charge < -0.3 is 18.9 Å². The second kappa shape index (κ2) is 7.47. The molecule has 1 aromatic carbocycles. The quantitative estimate of drug-likeness (QED) is 0.402. The average Bonchev–Trinajstić information content (AvgIpc) is 2.41. The fraction of sp³-hybridized carbons (Fsp3) is 0.308. The van der Waals surface area contributed by atoms with E-state index in [2.05, 4.69) is 6.58 Å². The Bertz CT molecular complexity index is 388. The molecule has 98 valence electrons. The minimum atomic E-state index is -0.208. The first-order valence-electron chi connectivity index (χ1n) is 5.26. The topological polar surface area (TPSA) is 54.0 Å². The normalized spacial score (nSPS) is 9.89. The smallest absolute Gasteiger partial charge is 0.188 e. The molecule has 0 amide bonds. The lowest BCUT2D eigenvalue weighted by Gasteiger charge is -2.10. The number of ether oxygens (including phenoxy) is 4. The number of allylic oxidation sites excluding steroid dienone is 1. The molecular weight excluding hydrogens is 236 g/mol. The number of carbonyl (C=O) groups is 1. The predicted molar refractivity (Wildman–Crippen MR) is 66.0 cm³/mol. The van der Waals surface area contributed by atoms with Crippen LogP contribution in [-0.2, 0) is 9.47 Å². The van der Waals surface area contributed by atoms with Crippen molar-refractivity contribution in [3.63, 3.8) is 0 Å². The molecule has 0 aliphatic rings. The minimum absolute atomic E-state index is 0.0927. The van der Waals surface area contributed by atoms with Crippen LogP contribution in [0.1, 0.15) is 10.4 Å². The molecule has 0 atom stereocenters. The van der Waals surface area contributed by atoms with Gasteiger partial charge in [0.25, 0.3) is 0 Å². The molecule has 0 saturated heterocycles. The maximum absolute atomic E-state index is 11.6. The van der Waals surface area contributed by atoms with Gasteiger partial charge in [0.05, 0.1) is 0 Å². The van der Waals surface area contributed by atoms with E-state index in [9.17, 15) is 4.79 Å². The maximum atomic E-state index is 11.6. The van der Waals surface area contributed by atoms with Gasteiger partial charge in [-0.2, -0.15) is 0 Å². The Hall–Kier alpha value is -1.85. The molecule has 5 nitrogen and oxygen atoms in total. The van der Waals surface area contributed by atoms with Crippen molar-refractivity contribution in [1.29, 1.82) is 0 Å². The number of ketones is 1. The van der Waals surface area contributed by atoms with Crippen molar-refractivity contribution in [3.05, 3.63) is 36.4 Å². The number of carbonyl (C=O) groups excluding carboxylic acids is 1. The van der Waals surface area contributed by atoms with Crippen molar-refractivity contribution in [2.45, 2.75) is 0 Å². The first-order valence-corrected chi connectivity index (χ1v) is 5.26. The molecule has 0 heterocycles. The van der Waals surface area contributed by atoms with Gasteiger partial charge in [-0.05, 0) is 18.2 Å². The molecule has 0 unspecified atom stereocenters. The van der Waals surface area contributed by atoms with Crippen LogP contribution in [0.15, 0.2) is 30.9 Å². The van der Waals surface area contributed by atoms with Crippen LogP contribution < -0.4 is 9.47 Å². The third kappa shape index (κ3) is 4.20. The molecule has 0 aliphatic carbocycles. The van der Waals surface area contributed by atoms with E-state index in [1.165, 1.54) is 20.3 Å². The molecule has 1 rings (SSSR count). The highest BCUT2D eigenvalue weighted by Crippen LogP contribution is 2.23. The number of benzene rings is 1. The van der Waals surface area contributed by atoms with Crippen molar-refractivity contribution >= 4 is 5.78 Å². The summed E-state index contributed by atoms with van der Waals surface area (Å²) < 4.78 is 20.2. The number of rotatable bonds is 8. The highest BCUT2D eigenvalue weighted by atomic mass is 16.7. The van der Waals surface area contributed by atoms with E-state index >= 15 is 0 Å². The van der Waals surface area contributed by atoms with Crippen LogP contribution in [0.25, 0.3) is 0 Å². The number of hydrogen-bond acceptors (Lipinski definition) is 5. The van der Waals surface area contributed by atoms with Crippen molar-refractivity contribution in [3.8, 4) is 11.5 Å². The van der Waals surface area contributed by atoms with Gasteiger partial charge in [0.2, 0.25) is 0 Å². The summed E-state index contributed by atoms with van der Waals surface area (Å²) in [5.41, 5.74) is 0.435. The van der Waals surface area contributed by atoms with Gasteiger partial charge >= 0.3 is 0 Å². The minimum Gasteiger partial charge on any atom is -0.467 e. The van der Waals surface area contributed by atoms with Gasteiger partial charge in [-0.3, -0.25) is 4.79 Å². The molecule has 0 spiro atoms. The SMILES string of the molecule is C=CC(=O)c1cc(OCOC)cc(OCOC)c1. The molecule has 0 bridgehead atoms. The standard InChI is InChI=1S/C13H16O5/c1-4-13(14)10-5-11(17-8-15-2)7-12(6-10)18-9-16-3/h4-7H,1,8-9H2,2-3H3. The fourth-order valence-corrected chi connectivity index (χ4v) is 1.25. The third-order valence-corrected chi connectivity index (χ3v) is 2.04. The Morgan fingerprint density at radius 2 is 1.61 bits per heavy atom. The third-order valence-electron chi connectivity index (χ3n) is 2.04. The molecule has 0 saturated carbocycles. The van der Waals surface area contributed by atoms with Crippen molar-refractivity contribution in [2.75, 3.05) is 27.8 Å². The van der Waals surface area contributed by atoms with Gasteiger partial charge in [0, 0.05) is 25.8 Å². The average molecular weight is 252 g/mol. The Morgan fingerprint density at radius 1 is 1.11 bits per heavy atom. The molecule has 0 aliphatic heterocycles. The zero-order valence-electron chi connectivity index (χ0n) is 10.5. The number of methoxy groups -OCH3 is 2. The highest BCUT2D eigenvalue weighted by molar-refractivity contribution is 6.04. The first-order chi connectivity index (χ1) is 8.71. The second-order valence-corrected chi connectivity index (χ2v) is 3.36. The molecule has 0 aromatic heterocycles. The molecule has 0 radical (unpaired) electrons. The molecule has 0 fully saturated rings. The summed E-state index contributed by atoms with van der Waals surface area (Å²) >= 11 is 0. The lowest BCUT2D eigenvalue weighted by Crippen LogP contribution is -2.04. The van der Waals surface area contributed by atoms with Gasteiger partial charge in [-0.1, -0.05) is 6.58 Å². The molecular formula is C13H16O5. The Labute approximate surface area is 106 Å². The van der Waals surface area contributed by atoms with Crippen LogP contribution >= 0.6 is 0 Å². The summed E-state index contributed by atoms with van der Waals surface area (Å²) in [5.74, 6) is 0.756. The largest absolute Gasteiger partial charge is 0.467 e. The van der Waals surface area contributed by atoms with Crippen LogP contribution in [0.2, 0.25) is 0 Å². The van der Waals surface area contributed by atoms with Crippen LogP contribution in [0.5, 0.6) is 11.5 Å². The Balaban J connectivity index is 2.95. The monoisotopic (exact) mass is 252 g/mol. The lowest BCUT2D eigenvalue weighted by molar-refractivity contribution is 0.0459. The van der Waals surface area contributed by atoms with E-state index < -0.39 is 0 Å². The molecule has 5 heteroatoms. The van der Waals surface area contributed by atoms with E-state index in [1.807, 2.05) is 0 Å². The van der Waals surface area contributed by atoms with E-state index in [-0.39, 0.29) is 19.4 Å². The van der Waals surface area contributed by atoms with E-state index in [4.69, 9.17) is 18.9 Å². The summed E-state index contributed by atoms with van der Waals surface area (Å²) in [6.07, 6.45) is 1.23. The van der Waals surface area contributed by atoms with Crippen LogP contribution in [-0.4, -0.2) is 33.6 Å². The molecule has 0 N–H and O–H groups in total. The lowest BCUT2D eigenvalue weighted by atomic mass is 10.1. The van der Waals surface area contributed by atoms with Crippen LogP contribution in [0, 0.1) is 0 Å². The van der Waals surface area contributed by atoms with Gasteiger partial charge in [-0.15, -0.1) is 0 Å². The van der Waals surface area contributed by atoms with Crippen molar-refractivity contribution in [2.24, 2.45) is 0 Å². The predicted octanol–water partition coefficient (Wildman–Crippen LogP) is 2.02. The summed E-state index contributed by atoms with van der Waals surface area (Å²) in [4.78, 5) is 11.6. The van der Waals surface area contributed by atoms with Crippen LogP contribution in [0.3, 0.4) is 0 Å². The first kappa shape index (κ1) is 14.2. The van der Waals surface area contributed by atoms with E-state index in [0.29, 0.717) is 17.1 Å². The molecule has 1 aromatic rings. The second-order valence-electron chi connectivity index (χ2n) is 3.36. The van der Waals surface area contributed by atoms with Crippen molar-refractivity contribution < 1.29 is 23.7 Å². The maximum Gasteiger partial charge on any atom is 0.188 e. The fourth-order valence-electron chi connectivity index (χ4n) is 1.25. The summed E-state index contributed by atoms with van der Waals surface area (Å²) in [7, 11) is 3.03. The van der Waals surface area contributed by atoms with E-state index in [1.54, 1.807) is 18.2 Å². The summed E-state index contributed by atoms with van der Waals surface area (Å²) in [6, 6.07) is 4.85. The molecule has 18 heavy (non-hydrogen) atoms. The number of hydrogen-bond donors (Lipinski definition) is 0. The van der Waals surface area contributed by atoms with E-state index in [0.717, 1.165) is 0 Å². The summed E-state index contributed by atoms with van der Waals surface area (Å²) in [6.45, 7) is 3.63. The zero-order valence-corrected chi connectivity index (χ0v) is 10.5. The van der Waals surface area contributed by atoms with Gasteiger partial charge in [0.1, 0.15) is 11.5 Å². The van der Waals surface area contributed by atoms with Crippen LogP contribution in [0.4, 0.5) is 0 Å². The highest BCUT2D eigenvalue weighted by Gasteiger charge is 2.08. The Kier molecular flexibility index (Phi) is 5.90. The van der Waals surface area contributed by atoms with Gasteiger partial charge in [0.15, 0.2) is 19.4 Å².